The van der Waals surface area contributed by atoms with Crippen molar-refractivity contribution in [3.63, 3.8) is 0 Å². The molecule has 2 aromatic rings. The van der Waals surface area contributed by atoms with E-state index < -0.39 is 11.5 Å². The molecule has 1 aliphatic carbocycles. The van der Waals surface area contributed by atoms with E-state index in [1.165, 1.54) is 16.2 Å². The van der Waals surface area contributed by atoms with Crippen molar-refractivity contribution >= 4 is 23.2 Å². The van der Waals surface area contributed by atoms with Crippen LogP contribution in [0.2, 0.25) is 0 Å². The monoisotopic (exact) mass is 358 g/mol. The minimum Gasteiger partial charge on any atom is -0.479 e. The molecule has 0 atom stereocenters. The number of rotatable bonds is 4. The first-order chi connectivity index (χ1) is 12.0. The molecule has 132 valence electrons. The van der Waals surface area contributed by atoms with Crippen molar-refractivity contribution in [1.82, 2.24) is 9.88 Å². The lowest BCUT2D eigenvalue weighted by Gasteiger charge is -2.40. The van der Waals surface area contributed by atoms with Crippen LogP contribution in [0.1, 0.15) is 48.2 Å². The van der Waals surface area contributed by atoms with Crippen LogP contribution in [0.3, 0.4) is 0 Å². The maximum absolute atomic E-state index is 12.9. The second-order valence-corrected chi connectivity index (χ2v) is 7.47. The molecule has 6 heteroatoms. The molecule has 1 saturated carbocycles. The number of carboxylic acids is 1. The summed E-state index contributed by atoms with van der Waals surface area (Å²) in [5, 5.41) is 12.3. The summed E-state index contributed by atoms with van der Waals surface area (Å²) in [6.07, 6.45) is 3.68. The fourth-order valence-corrected chi connectivity index (χ4v) is 4.39. The average molecular weight is 358 g/mol. The van der Waals surface area contributed by atoms with E-state index in [4.69, 9.17) is 0 Å². The van der Waals surface area contributed by atoms with E-state index >= 15 is 0 Å². The van der Waals surface area contributed by atoms with Gasteiger partial charge in [0, 0.05) is 18.0 Å². The third kappa shape index (κ3) is 3.18. The molecule has 1 aromatic carbocycles. The van der Waals surface area contributed by atoms with Crippen LogP contribution in [0.25, 0.3) is 10.6 Å². The Morgan fingerprint density at radius 2 is 1.88 bits per heavy atom. The molecule has 1 heterocycles. The molecular weight excluding hydrogens is 336 g/mol. The average Bonchev–Trinajstić information content (AvgIpc) is 3.11. The molecule has 0 aliphatic heterocycles. The van der Waals surface area contributed by atoms with Crippen molar-refractivity contribution in [3.05, 3.63) is 40.9 Å². The quantitative estimate of drug-likeness (QED) is 0.897. The summed E-state index contributed by atoms with van der Waals surface area (Å²) in [5.74, 6) is -1.24. The van der Waals surface area contributed by atoms with Gasteiger partial charge in [-0.2, -0.15) is 0 Å². The normalized spacial score (nSPS) is 16.4. The predicted octanol–water partition coefficient (Wildman–Crippen LogP) is 3.98. The van der Waals surface area contributed by atoms with Gasteiger partial charge in [0.1, 0.15) is 16.2 Å². The van der Waals surface area contributed by atoms with E-state index in [0.717, 1.165) is 35.4 Å². The van der Waals surface area contributed by atoms with Crippen LogP contribution in [0, 0.1) is 6.92 Å². The van der Waals surface area contributed by atoms with Gasteiger partial charge in [0.2, 0.25) is 0 Å². The second kappa shape index (κ2) is 6.96. The fraction of sp³-hybridized carbons (Fsp3) is 0.421. The third-order valence-electron chi connectivity index (χ3n) is 5.12. The van der Waals surface area contributed by atoms with Crippen LogP contribution in [-0.4, -0.2) is 39.5 Å². The maximum atomic E-state index is 12.9. The number of aryl methyl sites for hydroxylation is 1. The zero-order valence-corrected chi connectivity index (χ0v) is 15.3. The highest BCUT2D eigenvalue weighted by molar-refractivity contribution is 7.13. The molecule has 0 radical (unpaired) electrons. The minimum atomic E-state index is -1.11. The van der Waals surface area contributed by atoms with Gasteiger partial charge in [0.25, 0.3) is 5.91 Å². The zero-order chi connectivity index (χ0) is 18.0. The molecule has 0 bridgehead atoms. The van der Waals surface area contributed by atoms with Crippen molar-refractivity contribution < 1.29 is 14.7 Å². The number of hydrogen-bond donors (Lipinski definition) is 1. The lowest BCUT2D eigenvalue weighted by atomic mass is 9.80. The fourth-order valence-electron chi connectivity index (χ4n) is 3.50. The third-order valence-corrected chi connectivity index (χ3v) is 6.00. The Bertz CT molecular complexity index is 793. The van der Waals surface area contributed by atoms with Gasteiger partial charge >= 0.3 is 5.97 Å². The summed E-state index contributed by atoms with van der Waals surface area (Å²) in [6.45, 7) is 2.01. The summed E-state index contributed by atoms with van der Waals surface area (Å²) < 4.78 is 0. The van der Waals surface area contributed by atoms with Crippen LogP contribution in [-0.2, 0) is 4.79 Å². The Hall–Kier alpha value is -2.21. The summed E-state index contributed by atoms with van der Waals surface area (Å²) >= 11 is 1.41. The number of likely N-dealkylation sites (N-methyl/N-ethyl adjacent to an activating group) is 1. The number of nitrogens with zero attached hydrogens (tertiary/aromatic N) is 2. The number of benzene rings is 1. The molecule has 1 amide bonds. The number of carbonyl (C=O) groups excluding carboxylic acids is 1. The summed E-state index contributed by atoms with van der Waals surface area (Å²) in [5.41, 5.74) is 1.30. The molecule has 0 saturated heterocycles. The first-order valence-corrected chi connectivity index (χ1v) is 9.37. The van der Waals surface area contributed by atoms with E-state index in [1.807, 2.05) is 31.2 Å². The minimum absolute atomic E-state index is 0.317. The number of thiazole rings is 1. The largest absolute Gasteiger partial charge is 0.479 e. The Kier molecular flexibility index (Phi) is 4.90. The first kappa shape index (κ1) is 17.6. The molecule has 0 unspecified atom stereocenters. The first-order valence-electron chi connectivity index (χ1n) is 8.49. The number of carboxylic acid groups (broad SMARTS) is 1. The summed E-state index contributed by atoms with van der Waals surface area (Å²) in [4.78, 5) is 30.7. The Balaban J connectivity index is 1.88. The van der Waals surface area contributed by atoms with Crippen molar-refractivity contribution in [2.75, 3.05) is 7.05 Å². The summed E-state index contributed by atoms with van der Waals surface area (Å²) in [7, 11) is 1.59. The number of hydrogen-bond acceptors (Lipinski definition) is 4. The van der Waals surface area contributed by atoms with Crippen LogP contribution >= 0.6 is 11.3 Å². The Morgan fingerprint density at radius 3 is 2.52 bits per heavy atom. The van der Waals surface area contributed by atoms with Crippen molar-refractivity contribution in [1.29, 1.82) is 0 Å². The number of aromatic nitrogens is 1. The molecule has 3 rings (SSSR count). The molecule has 25 heavy (non-hydrogen) atoms. The topological polar surface area (TPSA) is 70.5 Å². The van der Waals surface area contributed by atoms with Gasteiger partial charge in [-0.05, 0) is 25.3 Å². The highest BCUT2D eigenvalue weighted by Crippen LogP contribution is 2.35. The van der Waals surface area contributed by atoms with Gasteiger partial charge in [0.05, 0.1) is 0 Å². The molecule has 1 fully saturated rings. The number of carbonyl (C=O) groups is 2. The highest BCUT2D eigenvalue weighted by Gasteiger charge is 2.46. The van der Waals surface area contributed by atoms with Crippen molar-refractivity contribution in [2.45, 2.75) is 44.6 Å². The van der Waals surface area contributed by atoms with Gasteiger partial charge in [-0.1, -0.05) is 43.5 Å². The summed E-state index contributed by atoms with van der Waals surface area (Å²) in [6, 6.07) is 7.89. The smallest absolute Gasteiger partial charge is 0.329 e. The molecule has 5 nitrogen and oxygen atoms in total. The van der Waals surface area contributed by atoms with Crippen molar-refractivity contribution in [3.8, 4) is 10.6 Å². The van der Waals surface area contributed by atoms with Gasteiger partial charge in [-0.25, -0.2) is 9.78 Å². The predicted molar refractivity (Wildman–Crippen MR) is 97.8 cm³/mol. The van der Waals surface area contributed by atoms with E-state index in [2.05, 4.69) is 4.98 Å². The second-order valence-electron chi connectivity index (χ2n) is 6.61. The van der Waals surface area contributed by atoms with Crippen LogP contribution in [0.5, 0.6) is 0 Å². The van der Waals surface area contributed by atoms with Gasteiger partial charge < -0.3 is 10.0 Å². The van der Waals surface area contributed by atoms with E-state index in [9.17, 15) is 14.7 Å². The molecule has 1 aliphatic rings. The Morgan fingerprint density at radius 1 is 1.20 bits per heavy atom. The Labute approximate surface area is 151 Å². The molecule has 1 N–H and O–H groups in total. The van der Waals surface area contributed by atoms with Gasteiger partial charge in [-0.15, -0.1) is 11.3 Å². The molecule has 1 aromatic heterocycles. The lowest BCUT2D eigenvalue weighted by Crippen LogP contribution is -2.56. The number of aliphatic carboxylic acids is 1. The van der Waals surface area contributed by atoms with E-state index in [0.29, 0.717) is 18.5 Å². The van der Waals surface area contributed by atoms with E-state index in [-0.39, 0.29) is 5.91 Å². The standard InChI is InChI=1S/C19H22N2O3S/c1-13-8-4-5-9-14(13)16-20-15(12-25-16)17(22)21(2)19(18(23)24)10-6-3-7-11-19/h4-5,8-9,12H,3,6-7,10-11H2,1-2H3,(H,23,24). The molecule has 0 spiro atoms. The molecular formula is C19H22N2O3S. The van der Waals surface area contributed by atoms with Crippen LogP contribution in [0.15, 0.2) is 29.6 Å². The lowest BCUT2D eigenvalue weighted by molar-refractivity contribution is -0.151. The SMILES string of the molecule is Cc1ccccc1-c1nc(C(=O)N(C)C2(C(=O)O)CCCCC2)cs1. The van der Waals surface area contributed by atoms with Crippen LogP contribution in [0.4, 0.5) is 0 Å². The van der Waals surface area contributed by atoms with Crippen molar-refractivity contribution in [2.24, 2.45) is 0 Å². The van der Waals surface area contributed by atoms with Crippen LogP contribution < -0.4 is 0 Å². The number of amides is 1. The zero-order valence-electron chi connectivity index (χ0n) is 14.5. The van der Waals surface area contributed by atoms with Gasteiger partial charge in [0.15, 0.2) is 0 Å². The highest BCUT2D eigenvalue weighted by atomic mass is 32.1. The van der Waals surface area contributed by atoms with E-state index in [1.54, 1.807) is 12.4 Å². The van der Waals surface area contributed by atoms with Gasteiger partial charge in [-0.3, -0.25) is 4.79 Å². The maximum Gasteiger partial charge on any atom is 0.329 e.